The van der Waals surface area contributed by atoms with Crippen molar-refractivity contribution in [3.05, 3.63) is 60.4 Å². The van der Waals surface area contributed by atoms with Crippen LogP contribution in [0.1, 0.15) is 11.9 Å². The maximum absolute atomic E-state index is 9.50. The third-order valence-electron chi connectivity index (χ3n) is 5.66. The van der Waals surface area contributed by atoms with Gasteiger partial charge < -0.3 is 30.9 Å². The Morgan fingerprint density at radius 2 is 1.44 bits per heavy atom. The van der Waals surface area contributed by atoms with Crippen LogP contribution in [0, 0.1) is 0 Å². The lowest BCUT2D eigenvalue weighted by atomic mass is 10.2. The first-order chi connectivity index (χ1) is 15.5. The van der Waals surface area contributed by atoms with E-state index >= 15 is 0 Å². The molecule has 0 radical (unpaired) electrons. The van der Waals surface area contributed by atoms with Gasteiger partial charge >= 0.3 is 0 Å². The molecule has 0 atom stereocenters. The highest BCUT2D eigenvalue weighted by atomic mass is 16.5. The van der Waals surface area contributed by atoms with E-state index in [1.54, 1.807) is 47.3 Å². The number of benzene rings is 2. The summed E-state index contributed by atoms with van der Waals surface area (Å²) in [4.78, 5) is 17.9. The molecular weight excluding hydrogens is 410 g/mol. The molecule has 1 saturated heterocycles. The average Bonchev–Trinajstić information content (AvgIpc) is 3.24. The summed E-state index contributed by atoms with van der Waals surface area (Å²) in [6.45, 7) is 3.03. The topological polar surface area (TPSA) is 137 Å². The van der Waals surface area contributed by atoms with Gasteiger partial charge in [0.1, 0.15) is 12.1 Å². The molecule has 3 heterocycles. The van der Waals surface area contributed by atoms with E-state index in [4.69, 9.17) is 10.7 Å². The molecule has 164 valence electrons. The Bertz CT molecular complexity index is 1230. The summed E-state index contributed by atoms with van der Waals surface area (Å²) in [6, 6.07) is 14.0. The van der Waals surface area contributed by atoms with Gasteiger partial charge in [0.15, 0.2) is 23.3 Å². The average molecular weight is 433 g/mol. The number of nitrogens with zero attached hydrogens (tertiary/aromatic N) is 6. The standard InChI is InChI=1S/C22H23N7O3/c23-19-18-20(29(13-24-18)16-3-1-14(2-4-16)21(31)32)26-22(25-19)28-11-9-27(10-12-28)15-5-7-17(30)8-6-15/h1-8,13,21,30-32H,9-12H2,(H2,23,25,26). The largest absolute Gasteiger partial charge is 0.508 e. The minimum absolute atomic E-state index is 0.253. The normalized spacial score (nSPS) is 14.5. The molecule has 2 aromatic heterocycles. The Hall–Kier alpha value is -3.89. The third-order valence-corrected chi connectivity index (χ3v) is 5.66. The molecule has 0 amide bonds. The predicted molar refractivity (Wildman–Crippen MR) is 121 cm³/mol. The number of hydrogen-bond donors (Lipinski definition) is 4. The van der Waals surface area contributed by atoms with Gasteiger partial charge in [-0.05, 0) is 36.4 Å². The Morgan fingerprint density at radius 1 is 0.812 bits per heavy atom. The second-order valence-corrected chi connectivity index (χ2v) is 7.65. The number of piperazine rings is 1. The number of aliphatic hydroxyl groups is 2. The van der Waals surface area contributed by atoms with Gasteiger partial charge in [0.25, 0.3) is 0 Å². The molecule has 5 rings (SSSR count). The number of phenols is 1. The van der Waals surface area contributed by atoms with Crippen molar-refractivity contribution in [3.63, 3.8) is 0 Å². The summed E-state index contributed by atoms with van der Waals surface area (Å²) in [5.41, 5.74) is 9.54. The first kappa shape index (κ1) is 20.0. The summed E-state index contributed by atoms with van der Waals surface area (Å²) >= 11 is 0. The fraction of sp³-hybridized carbons (Fsp3) is 0.227. The van der Waals surface area contributed by atoms with Crippen LogP contribution in [0.3, 0.4) is 0 Å². The molecule has 10 nitrogen and oxygen atoms in total. The van der Waals surface area contributed by atoms with E-state index in [0.29, 0.717) is 28.5 Å². The Balaban J connectivity index is 1.40. The van der Waals surface area contributed by atoms with Crippen molar-refractivity contribution in [1.82, 2.24) is 19.5 Å². The number of rotatable bonds is 4. The van der Waals surface area contributed by atoms with Crippen LogP contribution < -0.4 is 15.5 Å². The van der Waals surface area contributed by atoms with Crippen LogP contribution in [0.5, 0.6) is 5.75 Å². The lowest BCUT2D eigenvalue weighted by molar-refractivity contribution is -0.0424. The van der Waals surface area contributed by atoms with E-state index in [9.17, 15) is 15.3 Å². The summed E-state index contributed by atoms with van der Waals surface area (Å²) in [6.07, 6.45) is 0.112. The highest BCUT2D eigenvalue weighted by Gasteiger charge is 2.22. The molecule has 4 aromatic rings. The highest BCUT2D eigenvalue weighted by molar-refractivity contribution is 5.84. The summed E-state index contributed by atoms with van der Waals surface area (Å²) in [5.74, 6) is 1.11. The van der Waals surface area contributed by atoms with Crippen molar-refractivity contribution in [2.24, 2.45) is 0 Å². The second-order valence-electron chi connectivity index (χ2n) is 7.65. The molecule has 5 N–H and O–H groups in total. The summed E-state index contributed by atoms with van der Waals surface area (Å²) in [7, 11) is 0. The van der Waals surface area contributed by atoms with Gasteiger partial charge in [-0.2, -0.15) is 9.97 Å². The van der Waals surface area contributed by atoms with Crippen LogP contribution in [0.15, 0.2) is 54.9 Å². The Morgan fingerprint density at radius 3 is 2.09 bits per heavy atom. The Kier molecular flexibility index (Phi) is 5.00. The van der Waals surface area contributed by atoms with Crippen molar-refractivity contribution < 1.29 is 15.3 Å². The van der Waals surface area contributed by atoms with Gasteiger partial charge in [-0.1, -0.05) is 12.1 Å². The number of aromatic hydroxyl groups is 1. The number of nitrogens with two attached hydrogens (primary N) is 1. The van der Waals surface area contributed by atoms with Gasteiger partial charge in [-0.3, -0.25) is 4.57 Å². The van der Waals surface area contributed by atoms with Crippen LogP contribution in [0.25, 0.3) is 16.9 Å². The van der Waals surface area contributed by atoms with Crippen LogP contribution in [0.2, 0.25) is 0 Å². The molecule has 1 aliphatic heterocycles. The van der Waals surface area contributed by atoms with Gasteiger partial charge in [0.2, 0.25) is 5.95 Å². The van der Waals surface area contributed by atoms with Gasteiger partial charge in [-0.15, -0.1) is 0 Å². The van der Waals surface area contributed by atoms with Gasteiger partial charge in [0, 0.05) is 43.1 Å². The molecule has 1 aliphatic rings. The molecule has 0 saturated carbocycles. The maximum atomic E-state index is 9.50. The molecule has 32 heavy (non-hydrogen) atoms. The highest BCUT2D eigenvalue weighted by Crippen LogP contribution is 2.26. The fourth-order valence-corrected chi connectivity index (χ4v) is 3.88. The molecule has 1 fully saturated rings. The number of phenolic OH excluding ortho intramolecular Hbond substituents is 1. The predicted octanol–water partition coefficient (Wildman–Crippen LogP) is 1.41. The first-order valence-corrected chi connectivity index (χ1v) is 10.3. The number of fused-ring (bicyclic) bond motifs is 1. The molecule has 0 bridgehead atoms. The zero-order valence-corrected chi connectivity index (χ0v) is 17.2. The zero-order valence-electron chi connectivity index (χ0n) is 17.2. The molecule has 0 unspecified atom stereocenters. The van der Waals surface area contributed by atoms with Crippen molar-refractivity contribution in [1.29, 1.82) is 0 Å². The van der Waals surface area contributed by atoms with E-state index in [-0.39, 0.29) is 5.75 Å². The molecular formula is C22H23N7O3. The number of aromatic nitrogens is 4. The van der Waals surface area contributed by atoms with E-state index in [2.05, 4.69) is 19.8 Å². The smallest absolute Gasteiger partial charge is 0.229 e. The van der Waals surface area contributed by atoms with Crippen molar-refractivity contribution >= 4 is 28.6 Å². The maximum Gasteiger partial charge on any atom is 0.229 e. The van der Waals surface area contributed by atoms with Crippen LogP contribution in [0.4, 0.5) is 17.5 Å². The van der Waals surface area contributed by atoms with Crippen LogP contribution >= 0.6 is 0 Å². The van der Waals surface area contributed by atoms with E-state index in [1.165, 1.54) is 0 Å². The first-order valence-electron chi connectivity index (χ1n) is 10.3. The number of anilines is 3. The zero-order chi connectivity index (χ0) is 22.2. The number of imidazole rings is 1. The van der Waals surface area contributed by atoms with Crippen molar-refractivity contribution in [2.45, 2.75) is 6.29 Å². The van der Waals surface area contributed by atoms with Crippen molar-refractivity contribution in [2.75, 3.05) is 41.7 Å². The number of aliphatic hydroxyl groups excluding tert-OH is 1. The minimum atomic E-state index is -1.52. The summed E-state index contributed by atoms with van der Waals surface area (Å²) in [5, 5.41) is 28.1. The molecule has 0 aliphatic carbocycles. The Labute approximate surface area is 183 Å². The van der Waals surface area contributed by atoms with Crippen LogP contribution in [-0.4, -0.2) is 61.0 Å². The minimum Gasteiger partial charge on any atom is -0.508 e. The van der Waals surface area contributed by atoms with Crippen LogP contribution in [-0.2, 0) is 0 Å². The lowest BCUT2D eigenvalue weighted by Gasteiger charge is -2.36. The number of hydrogen-bond acceptors (Lipinski definition) is 9. The third kappa shape index (κ3) is 3.66. The van der Waals surface area contributed by atoms with Gasteiger partial charge in [0.05, 0.1) is 0 Å². The van der Waals surface area contributed by atoms with E-state index in [1.807, 2.05) is 12.1 Å². The van der Waals surface area contributed by atoms with E-state index in [0.717, 1.165) is 37.6 Å². The van der Waals surface area contributed by atoms with Crippen molar-refractivity contribution in [3.8, 4) is 11.4 Å². The van der Waals surface area contributed by atoms with Gasteiger partial charge in [-0.25, -0.2) is 4.98 Å². The molecule has 0 spiro atoms. The molecule has 2 aromatic carbocycles. The SMILES string of the molecule is Nc1nc(N2CCN(c3ccc(O)cc3)CC2)nc2c1ncn2-c1ccc(C(O)O)cc1. The van der Waals surface area contributed by atoms with E-state index < -0.39 is 6.29 Å². The monoisotopic (exact) mass is 433 g/mol. The lowest BCUT2D eigenvalue weighted by Crippen LogP contribution is -2.47. The number of nitrogen functional groups attached to an aromatic ring is 1. The summed E-state index contributed by atoms with van der Waals surface area (Å²) < 4.78 is 1.80. The second kappa shape index (κ2) is 7.98. The fourth-order valence-electron chi connectivity index (χ4n) is 3.88. The molecule has 10 heteroatoms. The quantitative estimate of drug-likeness (QED) is 0.352.